The van der Waals surface area contributed by atoms with Gasteiger partial charge < -0.3 is 20.7 Å². The maximum atomic E-state index is 12.6. The average molecular weight is 326 g/mol. The molecule has 1 aromatic carbocycles. The predicted octanol–water partition coefficient (Wildman–Crippen LogP) is 0.925. The summed E-state index contributed by atoms with van der Waals surface area (Å²) in [5.41, 5.74) is 6.34. The Morgan fingerprint density at radius 3 is 2.95 bits per heavy atom. The highest BCUT2D eigenvalue weighted by atomic mass is 35.5. The Bertz CT molecular complexity index is 553. The van der Waals surface area contributed by atoms with Gasteiger partial charge in [0.15, 0.2) is 0 Å². The molecule has 0 radical (unpaired) electrons. The smallest absolute Gasteiger partial charge is 0.249 e. The Balaban J connectivity index is 2.07. The molecule has 2 rings (SSSR count). The summed E-state index contributed by atoms with van der Waals surface area (Å²) in [6.45, 7) is 0.694. The summed E-state index contributed by atoms with van der Waals surface area (Å²) in [4.78, 5) is 26.1. The van der Waals surface area contributed by atoms with Gasteiger partial charge in [0.1, 0.15) is 12.1 Å². The number of rotatable bonds is 5. The minimum absolute atomic E-state index is 0.112. The second kappa shape index (κ2) is 7.58. The van der Waals surface area contributed by atoms with Gasteiger partial charge in [-0.2, -0.15) is 0 Å². The summed E-state index contributed by atoms with van der Waals surface area (Å²) in [6, 6.07) is 5.80. The molecule has 1 saturated heterocycles. The highest BCUT2D eigenvalue weighted by Crippen LogP contribution is 2.28. The quantitative estimate of drug-likeness (QED) is 0.843. The van der Waals surface area contributed by atoms with E-state index in [0.717, 1.165) is 6.42 Å². The molecule has 22 heavy (non-hydrogen) atoms. The number of hydrogen-bond donors (Lipinski definition) is 2. The van der Waals surface area contributed by atoms with Crippen LogP contribution >= 0.6 is 11.6 Å². The van der Waals surface area contributed by atoms with Gasteiger partial charge in [-0.15, -0.1) is 0 Å². The molecule has 2 unspecified atom stereocenters. The third-order valence-electron chi connectivity index (χ3n) is 3.58. The number of benzene rings is 1. The number of nitrogens with zero attached hydrogens (tertiary/aromatic N) is 1. The van der Waals surface area contributed by atoms with Crippen molar-refractivity contribution in [1.82, 2.24) is 5.32 Å². The molecule has 0 aliphatic carbocycles. The maximum Gasteiger partial charge on any atom is 0.249 e. The number of piperidine rings is 1. The molecule has 1 aliphatic rings. The Morgan fingerprint density at radius 2 is 2.27 bits per heavy atom. The third-order valence-corrected chi connectivity index (χ3v) is 3.90. The summed E-state index contributed by atoms with van der Waals surface area (Å²) in [7, 11) is 1.47. The van der Waals surface area contributed by atoms with E-state index in [1.807, 2.05) is 12.1 Å². The van der Waals surface area contributed by atoms with Crippen LogP contribution in [-0.2, 0) is 14.3 Å². The summed E-state index contributed by atoms with van der Waals surface area (Å²) < 4.78 is 4.85. The lowest BCUT2D eigenvalue weighted by atomic mass is 10.0. The van der Waals surface area contributed by atoms with Gasteiger partial charge in [-0.25, -0.2) is 0 Å². The molecule has 1 aliphatic heterocycles. The highest BCUT2D eigenvalue weighted by molar-refractivity contribution is 6.33. The number of ether oxygens (including phenoxy) is 1. The summed E-state index contributed by atoms with van der Waals surface area (Å²) in [6.07, 6.45) is 1.37. The lowest BCUT2D eigenvalue weighted by Gasteiger charge is -2.33. The van der Waals surface area contributed by atoms with Crippen molar-refractivity contribution >= 4 is 29.1 Å². The molecule has 1 aromatic rings. The summed E-state index contributed by atoms with van der Waals surface area (Å²) in [5, 5.41) is 3.21. The molecule has 6 nitrogen and oxygen atoms in total. The first-order valence-electron chi connectivity index (χ1n) is 7.15. The molecule has 0 aromatic heterocycles. The molecule has 1 heterocycles. The van der Waals surface area contributed by atoms with Gasteiger partial charge in [0.25, 0.3) is 0 Å². The lowest BCUT2D eigenvalue weighted by molar-refractivity contribution is -0.129. The largest absolute Gasteiger partial charge is 0.383 e. The van der Waals surface area contributed by atoms with Crippen LogP contribution in [0.15, 0.2) is 24.3 Å². The minimum atomic E-state index is -0.784. The van der Waals surface area contributed by atoms with Crippen molar-refractivity contribution in [3.05, 3.63) is 29.3 Å². The van der Waals surface area contributed by atoms with E-state index >= 15 is 0 Å². The van der Waals surface area contributed by atoms with Crippen LogP contribution in [0.25, 0.3) is 0 Å². The molecule has 0 bridgehead atoms. The summed E-state index contributed by atoms with van der Waals surface area (Å²) in [5.74, 6) is -0.557. The van der Waals surface area contributed by atoms with Crippen molar-refractivity contribution in [2.24, 2.45) is 5.73 Å². The lowest BCUT2D eigenvalue weighted by Crippen LogP contribution is -2.56. The Kier molecular flexibility index (Phi) is 5.76. The molecule has 120 valence electrons. The van der Waals surface area contributed by atoms with E-state index in [9.17, 15) is 9.59 Å². The van der Waals surface area contributed by atoms with Crippen molar-refractivity contribution < 1.29 is 14.3 Å². The number of amides is 2. The number of nitrogens with two attached hydrogens (primary N) is 1. The normalized spacial score (nSPS) is 19.9. The van der Waals surface area contributed by atoms with Gasteiger partial charge in [-0.3, -0.25) is 9.59 Å². The Morgan fingerprint density at radius 1 is 1.55 bits per heavy atom. The van der Waals surface area contributed by atoms with E-state index in [1.54, 1.807) is 17.0 Å². The van der Waals surface area contributed by atoms with Crippen molar-refractivity contribution in [2.75, 3.05) is 25.2 Å². The zero-order chi connectivity index (χ0) is 16.1. The minimum Gasteiger partial charge on any atom is -0.383 e. The molecule has 7 heteroatoms. The second-order valence-electron chi connectivity index (χ2n) is 5.21. The van der Waals surface area contributed by atoms with Crippen LogP contribution in [0.1, 0.15) is 12.8 Å². The summed E-state index contributed by atoms with van der Waals surface area (Å²) >= 11 is 6.15. The van der Waals surface area contributed by atoms with Gasteiger partial charge in [-0.1, -0.05) is 23.7 Å². The van der Waals surface area contributed by atoms with Crippen LogP contribution < -0.4 is 16.0 Å². The molecule has 2 amide bonds. The van der Waals surface area contributed by atoms with Crippen molar-refractivity contribution in [1.29, 1.82) is 0 Å². The van der Waals surface area contributed by atoms with E-state index in [2.05, 4.69) is 5.32 Å². The Hall–Kier alpha value is -1.63. The van der Waals surface area contributed by atoms with Crippen molar-refractivity contribution in [2.45, 2.75) is 24.9 Å². The van der Waals surface area contributed by atoms with Gasteiger partial charge in [0, 0.05) is 13.7 Å². The van der Waals surface area contributed by atoms with Crippen LogP contribution in [0.5, 0.6) is 0 Å². The number of carbonyl (C=O) groups excluding carboxylic acids is 2. The SMILES string of the molecule is COCC(N)C(=O)NC1CCCN(c2ccccc2Cl)C1=O. The number of halogens is 1. The van der Waals surface area contributed by atoms with Gasteiger partial charge in [0.2, 0.25) is 11.8 Å². The number of carbonyl (C=O) groups is 2. The first kappa shape index (κ1) is 16.7. The molecule has 0 saturated carbocycles. The molecule has 2 atom stereocenters. The zero-order valence-electron chi connectivity index (χ0n) is 12.4. The first-order valence-corrected chi connectivity index (χ1v) is 7.53. The van der Waals surface area contributed by atoms with Gasteiger partial charge in [0.05, 0.1) is 17.3 Å². The fraction of sp³-hybridized carbons (Fsp3) is 0.467. The van der Waals surface area contributed by atoms with E-state index in [0.29, 0.717) is 23.7 Å². The number of hydrogen-bond acceptors (Lipinski definition) is 4. The topological polar surface area (TPSA) is 84.7 Å². The van der Waals surface area contributed by atoms with Crippen LogP contribution in [0.4, 0.5) is 5.69 Å². The average Bonchev–Trinajstić information content (AvgIpc) is 2.50. The number of methoxy groups -OCH3 is 1. The molecule has 1 fully saturated rings. The third kappa shape index (κ3) is 3.76. The highest BCUT2D eigenvalue weighted by Gasteiger charge is 2.32. The van der Waals surface area contributed by atoms with Gasteiger partial charge in [-0.05, 0) is 25.0 Å². The Labute approximate surface area is 134 Å². The molecule has 3 N–H and O–H groups in total. The fourth-order valence-corrected chi connectivity index (χ4v) is 2.69. The fourth-order valence-electron chi connectivity index (χ4n) is 2.45. The zero-order valence-corrected chi connectivity index (χ0v) is 13.2. The standard InChI is InChI=1S/C15H20ClN3O3/c1-22-9-11(17)14(20)18-12-6-4-8-19(15(12)21)13-7-3-2-5-10(13)16/h2-3,5,7,11-12H,4,6,8-9,17H2,1H3,(H,18,20). The predicted molar refractivity (Wildman–Crippen MR) is 84.8 cm³/mol. The number of anilines is 1. The van der Waals surface area contributed by atoms with E-state index in [4.69, 9.17) is 22.1 Å². The number of nitrogens with one attached hydrogen (secondary N) is 1. The number of para-hydroxylation sites is 1. The molecule has 0 spiro atoms. The van der Waals surface area contributed by atoms with E-state index in [1.165, 1.54) is 7.11 Å². The van der Waals surface area contributed by atoms with Crippen LogP contribution in [0.3, 0.4) is 0 Å². The molecular formula is C15H20ClN3O3. The van der Waals surface area contributed by atoms with Crippen LogP contribution in [0, 0.1) is 0 Å². The maximum absolute atomic E-state index is 12.6. The molecular weight excluding hydrogens is 306 g/mol. The van der Waals surface area contributed by atoms with Crippen molar-refractivity contribution in [3.63, 3.8) is 0 Å². The second-order valence-corrected chi connectivity index (χ2v) is 5.61. The monoisotopic (exact) mass is 325 g/mol. The van der Waals surface area contributed by atoms with Crippen molar-refractivity contribution in [3.8, 4) is 0 Å². The van der Waals surface area contributed by atoms with Crippen LogP contribution in [0.2, 0.25) is 5.02 Å². The van der Waals surface area contributed by atoms with E-state index in [-0.39, 0.29) is 18.4 Å². The van der Waals surface area contributed by atoms with Gasteiger partial charge >= 0.3 is 0 Å². The first-order chi connectivity index (χ1) is 10.5. The van der Waals surface area contributed by atoms with E-state index < -0.39 is 12.1 Å². The van der Waals surface area contributed by atoms with Crippen LogP contribution in [-0.4, -0.2) is 44.2 Å².